The number of carbonyl (C=O) groups is 1. The molecular weight excluding hydrogens is 266 g/mol. The number of halogens is 2. The van der Waals surface area contributed by atoms with Gasteiger partial charge in [0.05, 0.1) is 17.8 Å². The highest BCUT2D eigenvalue weighted by Gasteiger charge is 2.10. The molecule has 1 heterocycles. The van der Waals surface area contributed by atoms with Crippen LogP contribution in [0.1, 0.15) is 12.1 Å². The molecule has 0 fully saturated rings. The lowest BCUT2D eigenvalue weighted by Gasteiger charge is -2.04. The first-order valence-electron chi connectivity index (χ1n) is 6.17. The van der Waals surface area contributed by atoms with Crippen molar-refractivity contribution in [1.82, 2.24) is 9.78 Å². The number of esters is 1. The van der Waals surface area contributed by atoms with E-state index in [4.69, 9.17) is 4.74 Å². The van der Waals surface area contributed by atoms with Crippen molar-refractivity contribution in [3.63, 3.8) is 0 Å². The Morgan fingerprint density at radius 1 is 1.40 bits per heavy atom. The molecule has 4 nitrogen and oxygen atoms in total. The molecule has 20 heavy (non-hydrogen) atoms. The first kappa shape index (κ1) is 14.2. The molecule has 2 rings (SSSR count). The summed E-state index contributed by atoms with van der Waals surface area (Å²) in [6, 6.07) is 7.55. The highest BCUT2D eigenvalue weighted by molar-refractivity contribution is 5.83. The molecule has 0 saturated heterocycles. The fraction of sp³-hybridized carbons (Fsp3) is 0.286. The zero-order valence-corrected chi connectivity index (χ0v) is 11.0. The van der Waals surface area contributed by atoms with Crippen LogP contribution in [0.4, 0.5) is 8.78 Å². The fourth-order valence-corrected chi connectivity index (χ4v) is 1.92. The molecule has 0 radical (unpaired) electrons. The molecule has 1 aromatic carbocycles. The van der Waals surface area contributed by atoms with E-state index < -0.39 is 12.0 Å². The number of aromatic nitrogens is 2. The minimum absolute atomic E-state index is 0.00690. The molecule has 0 aliphatic carbocycles. The van der Waals surface area contributed by atoms with Gasteiger partial charge in [0.15, 0.2) is 0 Å². The minimum atomic E-state index is -1.77. The summed E-state index contributed by atoms with van der Waals surface area (Å²) in [7, 11) is 0. The van der Waals surface area contributed by atoms with Crippen LogP contribution in [0, 0.1) is 6.92 Å². The third-order valence-corrected chi connectivity index (χ3v) is 2.80. The van der Waals surface area contributed by atoms with Gasteiger partial charge in [0.25, 0.3) is 6.08 Å². The topological polar surface area (TPSA) is 44.1 Å². The fourth-order valence-electron chi connectivity index (χ4n) is 1.92. The molecule has 0 N–H and O–H groups in total. The van der Waals surface area contributed by atoms with Crippen LogP contribution in [0.5, 0.6) is 0 Å². The first-order valence-corrected chi connectivity index (χ1v) is 6.17. The molecule has 2 aromatic rings. The van der Waals surface area contributed by atoms with Gasteiger partial charge in [0, 0.05) is 11.8 Å². The van der Waals surface area contributed by atoms with E-state index in [1.54, 1.807) is 4.68 Å². The maximum absolute atomic E-state index is 11.8. The van der Waals surface area contributed by atoms with E-state index in [0.29, 0.717) is 0 Å². The second kappa shape index (κ2) is 6.27. The van der Waals surface area contributed by atoms with Gasteiger partial charge in [-0.05, 0) is 19.1 Å². The maximum Gasteiger partial charge on any atom is 0.327 e. The molecule has 106 valence electrons. The van der Waals surface area contributed by atoms with E-state index >= 15 is 0 Å². The van der Waals surface area contributed by atoms with Gasteiger partial charge in [-0.3, -0.25) is 9.48 Å². The highest BCUT2D eigenvalue weighted by atomic mass is 19.3. The Labute approximate surface area is 114 Å². The molecule has 0 aliphatic rings. The molecule has 0 unspecified atom stereocenters. The molecule has 0 bridgehead atoms. The van der Waals surface area contributed by atoms with E-state index in [1.165, 1.54) is 0 Å². The molecule has 0 spiro atoms. The number of fused-ring (bicyclic) bond motifs is 1. The van der Waals surface area contributed by atoms with E-state index in [2.05, 4.69) is 5.10 Å². The zero-order valence-electron chi connectivity index (χ0n) is 11.0. The largest absolute Gasteiger partial charge is 0.464 e. The Morgan fingerprint density at radius 2 is 2.15 bits per heavy atom. The Kier molecular flexibility index (Phi) is 4.45. The van der Waals surface area contributed by atoms with Crippen molar-refractivity contribution >= 4 is 16.9 Å². The first-order chi connectivity index (χ1) is 9.58. The van der Waals surface area contributed by atoms with Crippen LogP contribution in [-0.4, -0.2) is 22.4 Å². The summed E-state index contributed by atoms with van der Waals surface area (Å²) in [5.74, 6) is -0.495. The normalized spacial score (nSPS) is 10.6. The lowest BCUT2D eigenvalue weighted by molar-refractivity contribution is -0.144. The van der Waals surface area contributed by atoms with Crippen LogP contribution >= 0.6 is 0 Å². The van der Waals surface area contributed by atoms with Crippen molar-refractivity contribution < 1.29 is 18.3 Å². The molecule has 0 atom stereocenters. The van der Waals surface area contributed by atoms with Crippen LogP contribution < -0.4 is 0 Å². The van der Waals surface area contributed by atoms with Crippen LogP contribution in [-0.2, 0) is 16.1 Å². The van der Waals surface area contributed by atoms with E-state index in [-0.39, 0.29) is 19.6 Å². The summed E-state index contributed by atoms with van der Waals surface area (Å²) in [6.07, 6.45) is -1.04. The predicted molar refractivity (Wildman–Crippen MR) is 70.3 cm³/mol. The van der Waals surface area contributed by atoms with Gasteiger partial charge in [-0.1, -0.05) is 18.2 Å². The van der Waals surface area contributed by atoms with Crippen molar-refractivity contribution in [1.29, 1.82) is 0 Å². The molecule has 0 amide bonds. The molecule has 6 heteroatoms. The van der Waals surface area contributed by atoms with Crippen LogP contribution in [0.3, 0.4) is 0 Å². The number of para-hydroxylation sites is 1. The molecule has 0 saturated carbocycles. The van der Waals surface area contributed by atoms with Crippen molar-refractivity contribution in [2.45, 2.75) is 19.9 Å². The summed E-state index contributed by atoms with van der Waals surface area (Å²) < 4.78 is 30.0. The number of hydrogen-bond acceptors (Lipinski definition) is 3. The predicted octanol–water partition coefficient (Wildman–Crippen LogP) is 3.06. The number of benzene rings is 1. The van der Waals surface area contributed by atoms with Gasteiger partial charge in [-0.2, -0.15) is 13.9 Å². The number of ether oxygens (including phenoxy) is 1. The summed E-state index contributed by atoms with van der Waals surface area (Å²) in [5.41, 5.74) is 1.67. The van der Waals surface area contributed by atoms with Crippen molar-refractivity contribution in [2.75, 3.05) is 6.61 Å². The Morgan fingerprint density at radius 3 is 2.90 bits per heavy atom. The van der Waals surface area contributed by atoms with Crippen molar-refractivity contribution in [2.24, 2.45) is 0 Å². The standard InChI is InChI=1S/C14H14F2N2O2/c1-10-11-5-2-3-6-12(11)18(17-10)9-14(19)20-8-4-7-13(15)16/h2-3,5-7H,4,8-9H2,1H3. The SMILES string of the molecule is Cc1nn(CC(=O)OCCC=C(F)F)c2ccccc12. The third kappa shape index (κ3) is 3.40. The number of carbonyl (C=O) groups excluding carboxylic acids is 1. The average molecular weight is 280 g/mol. The quantitative estimate of drug-likeness (QED) is 0.624. The Bertz CT molecular complexity index is 646. The number of nitrogens with zero attached hydrogens (tertiary/aromatic N) is 2. The Hall–Kier alpha value is -2.24. The second-order valence-electron chi connectivity index (χ2n) is 4.26. The monoisotopic (exact) mass is 280 g/mol. The molecule has 1 aromatic heterocycles. The maximum atomic E-state index is 11.8. The lowest BCUT2D eigenvalue weighted by Crippen LogP contribution is -2.15. The van der Waals surface area contributed by atoms with Crippen molar-refractivity contribution in [3.05, 3.63) is 42.1 Å². The van der Waals surface area contributed by atoms with Crippen LogP contribution in [0.2, 0.25) is 0 Å². The highest BCUT2D eigenvalue weighted by Crippen LogP contribution is 2.17. The van der Waals surface area contributed by atoms with Gasteiger partial charge >= 0.3 is 5.97 Å². The molecule has 0 aliphatic heterocycles. The lowest BCUT2D eigenvalue weighted by atomic mass is 10.2. The number of rotatable bonds is 5. The number of hydrogen-bond donors (Lipinski definition) is 0. The Balaban J connectivity index is 1.98. The van der Waals surface area contributed by atoms with Gasteiger partial charge in [-0.25, -0.2) is 0 Å². The number of aryl methyl sites for hydroxylation is 1. The van der Waals surface area contributed by atoms with Gasteiger partial charge in [0.2, 0.25) is 0 Å². The zero-order chi connectivity index (χ0) is 14.5. The van der Waals surface area contributed by atoms with E-state index in [9.17, 15) is 13.6 Å². The second-order valence-corrected chi connectivity index (χ2v) is 4.26. The summed E-state index contributed by atoms with van der Waals surface area (Å²) >= 11 is 0. The average Bonchev–Trinajstić information content (AvgIpc) is 2.72. The third-order valence-electron chi connectivity index (χ3n) is 2.80. The van der Waals surface area contributed by atoms with E-state index in [0.717, 1.165) is 22.7 Å². The van der Waals surface area contributed by atoms with Crippen molar-refractivity contribution in [3.8, 4) is 0 Å². The van der Waals surface area contributed by atoms with Crippen LogP contribution in [0.25, 0.3) is 10.9 Å². The minimum Gasteiger partial charge on any atom is -0.464 e. The van der Waals surface area contributed by atoms with Gasteiger partial charge in [0.1, 0.15) is 6.54 Å². The summed E-state index contributed by atoms with van der Waals surface area (Å²) in [4.78, 5) is 11.6. The van der Waals surface area contributed by atoms with Gasteiger partial charge in [-0.15, -0.1) is 0 Å². The van der Waals surface area contributed by atoms with Crippen LogP contribution in [0.15, 0.2) is 36.4 Å². The molecular formula is C14H14F2N2O2. The summed E-state index contributed by atoms with van der Waals surface area (Å²) in [5, 5.41) is 5.24. The van der Waals surface area contributed by atoms with Gasteiger partial charge < -0.3 is 4.74 Å². The smallest absolute Gasteiger partial charge is 0.327 e. The van der Waals surface area contributed by atoms with E-state index in [1.807, 2.05) is 31.2 Å². The summed E-state index contributed by atoms with van der Waals surface area (Å²) in [6.45, 7) is 1.77.